The number of nitrogens with zero attached hydrogens (tertiary/aromatic N) is 2. The van der Waals surface area contributed by atoms with E-state index in [1.54, 1.807) is 29.0 Å². The highest BCUT2D eigenvalue weighted by atomic mass is 35.5. The minimum absolute atomic E-state index is 0. The van der Waals surface area contributed by atoms with Crippen LogP contribution in [-0.4, -0.2) is 61.9 Å². The number of hydrogen-bond donors (Lipinski definition) is 1. The van der Waals surface area contributed by atoms with Crippen molar-refractivity contribution in [3.05, 3.63) is 35.6 Å². The van der Waals surface area contributed by atoms with Gasteiger partial charge in [-0.05, 0) is 37.6 Å². The topological polar surface area (TPSA) is 52.7 Å². The Balaban J connectivity index is 0.00000312. The molecule has 1 aromatic carbocycles. The zero-order valence-corrected chi connectivity index (χ0v) is 15.7. The van der Waals surface area contributed by atoms with Gasteiger partial charge in [0.2, 0.25) is 11.8 Å². The third kappa shape index (κ3) is 6.29. The summed E-state index contributed by atoms with van der Waals surface area (Å²) in [4.78, 5) is 28.4. The predicted molar refractivity (Wildman–Crippen MR) is 98.2 cm³/mol. The van der Waals surface area contributed by atoms with Gasteiger partial charge >= 0.3 is 0 Å². The van der Waals surface area contributed by atoms with Crippen molar-refractivity contribution in [2.24, 2.45) is 5.92 Å². The zero-order valence-electron chi connectivity index (χ0n) is 14.8. The summed E-state index contributed by atoms with van der Waals surface area (Å²) in [6.07, 6.45) is 1.91. The first-order chi connectivity index (χ1) is 11.5. The number of hydrogen-bond acceptors (Lipinski definition) is 3. The van der Waals surface area contributed by atoms with E-state index in [9.17, 15) is 14.0 Å². The fourth-order valence-corrected chi connectivity index (χ4v) is 3.00. The lowest BCUT2D eigenvalue weighted by atomic mass is 9.96. The molecular formula is C18H27ClFN3O2. The molecule has 0 radical (unpaired) electrons. The molecule has 1 fully saturated rings. The number of carbonyl (C=O) groups excluding carboxylic acids is 2. The van der Waals surface area contributed by atoms with Crippen molar-refractivity contribution in [2.75, 3.05) is 40.3 Å². The molecule has 5 nitrogen and oxygen atoms in total. The number of halogens is 2. The molecule has 0 spiro atoms. The number of nitrogens with one attached hydrogen (secondary N) is 1. The molecule has 0 aliphatic carbocycles. The number of carbonyl (C=O) groups is 2. The zero-order chi connectivity index (χ0) is 17.5. The van der Waals surface area contributed by atoms with Gasteiger partial charge in [-0.25, -0.2) is 4.39 Å². The maximum Gasteiger partial charge on any atom is 0.227 e. The maximum absolute atomic E-state index is 12.9. The smallest absolute Gasteiger partial charge is 0.227 e. The Kier molecular flexibility index (Phi) is 8.86. The Hall–Kier alpha value is -1.66. The van der Waals surface area contributed by atoms with E-state index in [1.807, 2.05) is 7.05 Å². The first-order valence-corrected chi connectivity index (χ1v) is 8.43. The Bertz CT molecular complexity index is 568. The molecule has 140 valence electrons. The second-order valence-corrected chi connectivity index (χ2v) is 6.35. The fraction of sp³-hybridized carbons (Fsp3) is 0.556. The average Bonchev–Trinajstić information content (AvgIpc) is 2.61. The normalized spacial score (nSPS) is 16.9. The largest absolute Gasteiger partial charge is 0.344 e. The van der Waals surface area contributed by atoms with Crippen LogP contribution in [0.15, 0.2) is 24.3 Å². The average molecular weight is 372 g/mol. The molecule has 2 rings (SSSR count). The molecule has 25 heavy (non-hydrogen) atoms. The van der Waals surface area contributed by atoms with Crippen molar-refractivity contribution in [2.45, 2.75) is 19.3 Å². The van der Waals surface area contributed by atoms with E-state index >= 15 is 0 Å². The van der Waals surface area contributed by atoms with Gasteiger partial charge in [0.1, 0.15) is 5.82 Å². The highest BCUT2D eigenvalue weighted by Gasteiger charge is 2.29. The van der Waals surface area contributed by atoms with Crippen molar-refractivity contribution in [1.29, 1.82) is 0 Å². The molecule has 1 aliphatic rings. The lowest BCUT2D eigenvalue weighted by Gasteiger charge is -2.34. The number of rotatable bonds is 6. The van der Waals surface area contributed by atoms with Crippen LogP contribution in [0.25, 0.3) is 0 Å². The summed E-state index contributed by atoms with van der Waals surface area (Å²) >= 11 is 0. The van der Waals surface area contributed by atoms with E-state index in [2.05, 4.69) is 5.32 Å². The number of likely N-dealkylation sites (tertiary alicyclic amines) is 1. The van der Waals surface area contributed by atoms with Crippen molar-refractivity contribution in [3.63, 3.8) is 0 Å². The van der Waals surface area contributed by atoms with E-state index in [1.165, 1.54) is 12.1 Å². The SMILES string of the molecule is CNCCN(C)C(=O)C1CCCN(C(=O)Cc2ccc(F)cc2)C1.Cl. The Morgan fingerprint density at radius 1 is 1.32 bits per heavy atom. The summed E-state index contributed by atoms with van der Waals surface area (Å²) in [5.41, 5.74) is 0.793. The van der Waals surface area contributed by atoms with Gasteiger partial charge in [0.25, 0.3) is 0 Å². The molecule has 1 N–H and O–H groups in total. The standard InChI is InChI=1S/C18H26FN3O2.ClH/c1-20-9-11-21(2)18(24)15-4-3-10-22(13-15)17(23)12-14-5-7-16(19)8-6-14;/h5-8,15,20H,3-4,9-13H2,1-2H3;1H. The first kappa shape index (κ1) is 21.4. The highest BCUT2D eigenvalue weighted by Crippen LogP contribution is 2.19. The second kappa shape index (κ2) is 10.4. The summed E-state index contributed by atoms with van der Waals surface area (Å²) in [6, 6.07) is 5.99. The number of likely N-dealkylation sites (N-methyl/N-ethyl adjacent to an activating group) is 2. The molecule has 1 atom stereocenters. The molecule has 1 aliphatic heterocycles. The molecule has 0 bridgehead atoms. The van der Waals surface area contributed by atoms with Gasteiger partial charge in [0, 0.05) is 33.2 Å². The van der Waals surface area contributed by atoms with Crippen molar-refractivity contribution >= 4 is 24.2 Å². The summed E-state index contributed by atoms with van der Waals surface area (Å²) in [5, 5.41) is 3.03. The molecule has 0 saturated carbocycles. The molecule has 7 heteroatoms. The molecule has 1 aromatic rings. The monoisotopic (exact) mass is 371 g/mol. The van der Waals surface area contributed by atoms with Gasteiger partial charge in [0.15, 0.2) is 0 Å². The number of piperidine rings is 1. The summed E-state index contributed by atoms with van der Waals surface area (Å²) in [5.74, 6) is -0.335. The van der Waals surface area contributed by atoms with Crippen LogP contribution in [0.3, 0.4) is 0 Å². The minimum atomic E-state index is -0.306. The van der Waals surface area contributed by atoms with Gasteiger partial charge in [0.05, 0.1) is 12.3 Å². The van der Waals surface area contributed by atoms with Gasteiger partial charge < -0.3 is 15.1 Å². The first-order valence-electron chi connectivity index (χ1n) is 8.43. The van der Waals surface area contributed by atoms with Crippen LogP contribution < -0.4 is 5.32 Å². The number of amides is 2. The van der Waals surface area contributed by atoms with Crippen LogP contribution >= 0.6 is 12.4 Å². The summed E-state index contributed by atoms with van der Waals surface area (Å²) in [6.45, 7) is 2.57. The molecule has 1 saturated heterocycles. The van der Waals surface area contributed by atoms with Gasteiger partial charge in [-0.3, -0.25) is 9.59 Å². The van der Waals surface area contributed by atoms with Gasteiger partial charge in [-0.1, -0.05) is 12.1 Å². The van der Waals surface area contributed by atoms with Crippen LogP contribution in [0.4, 0.5) is 4.39 Å². The summed E-state index contributed by atoms with van der Waals surface area (Å²) < 4.78 is 12.9. The van der Waals surface area contributed by atoms with Crippen LogP contribution in [0.2, 0.25) is 0 Å². The quantitative estimate of drug-likeness (QED) is 0.828. The van der Waals surface area contributed by atoms with Crippen LogP contribution in [0.1, 0.15) is 18.4 Å². The van der Waals surface area contributed by atoms with E-state index in [-0.39, 0.29) is 42.4 Å². The van der Waals surface area contributed by atoms with E-state index in [4.69, 9.17) is 0 Å². The third-order valence-corrected chi connectivity index (χ3v) is 4.47. The van der Waals surface area contributed by atoms with Crippen molar-refractivity contribution in [1.82, 2.24) is 15.1 Å². The van der Waals surface area contributed by atoms with E-state index < -0.39 is 0 Å². The number of benzene rings is 1. The third-order valence-electron chi connectivity index (χ3n) is 4.47. The molecule has 2 amide bonds. The van der Waals surface area contributed by atoms with E-state index in [0.29, 0.717) is 19.6 Å². The summed E-state index contributed by atoms with van der Waals surface area (Å²) in [7, 11) is 3.66. The second-order valence-electron chi connectivity index (χ2n) is 6.35. The molecule has 1 unspecified atom stereocenters. The van der Waals surface area contributed by atoms with Crippen LogP contribution in [0.5, 0.6) is 0 Å². The maximum atomic E-state index is 12.9. The van der Waals surface area contributed by atoms with Crippen LogP contribution in [0, 0.1) is 11.7 Å². The van der Waals surface area contributed by atoms with Crippen molar-refractivity contribution in [3.8, 4) is 0 Å². The predicted octanol–water partition coefficient (Wildman–Crippen LogP) is 1.71. The Morgan fingerprint density at radius 3 is 2.64 bits per heavy atom. The lowest BCUT2D eigenvalue weighted by Crippen LogP contribution is -2.47. The van der Waals surface area contributed by atoms with E-state index in [0.717, 1.165) is 24.9 Å². The van der Waals surface area contributed by atoms with Gasteiger partial charge in [-0.2, -0.15) is 0 Å². The Labute approximate surface area is 155 Å². The van der Waals surface area contributed by atoms with Crippen LogP contribution in [-0.2, 0) is 16.0 Å². The van der Waals surface area contributed by atoms with Gasteiger partial charge in [-0.15, -0.1) is 12.4 Å². The molecular weight excluding hydrogens is 345 g/mol. The molecule has 1 heterocycles. The minimum Gasteiger partial charge on any atom is -0.344 e. The highest BCUT2D eigenvalue weighted by molar-refractivity contribution is 5.85. The lowest BCUT2D eigenvalue weighted by molar-refractivity contribution is -0.139. The molecule has 0 aromatic heterocycles. The van der Waals surface area contributed by atoms with Crippen molar-refractivity contribution < 1.29 is 14.0 Å². The fourth-order valence-electron chi connectivity index (χ4n) is 3.00. The Morgan fingerprint density at radius 2 is 2.00 bits per heavy atom.